The molecular weight excluding hydrogens is 406 g/mol. The lowest BCUT2D eigenvalue weighted by molar-refractivity contribution is 0.0534. The van der Waals surface area contributed by atoms with E-state index in [9.17, 15) is 19.5 Å². The fourth-order valence-electron chi connectivity index (χ4n) is 4.37. The van der Waals surface area contributed by atoms with Gasteiger partial charge in [-0.1, -0.05) is 23.7 Å². The van der Waals surface area contributed by atoms with Crippen molar-refractivity contribution in [1.29, 1.82) is 0 Å². The number of aromatic hydroxyl groups is 1. The number of benzene rings is 1. The zero-order valence-electron chi connectivity index (χ0n) is 16.8. The van der Waals surface area contributed by atoms with E-state index in [2.05, 4.69) is 0 Å². The van der Waals surface area contributed by atoms with Crippen LogP contribution in [0.15, 0.2) is 35.3 Å². The maximum Gasteiger partial charge on any atom is 0.278 e. The van der Waals surface area contributed by atoms with E-state index in [0.29, 0.717) is 24.5 Å². The van der Waals surface area contributed by atoms with Crippen molar-refractivity contribution in [3.63, 3.8) is 0 Å². The largest absolute Gasteiger partial charge is 0.502 e. The quantitative estimate of drug-likeness (QED) is 0.739. The highest BCUT2D eigenvalue weighted by atomic mass is 35.5. The first-order valence-electron chi connectivity index (χ1n) is 10.3. The Morgan fingerprint density at radius 2 is 2.07 bits per heavy atom. The first-order chi connectivity index (χ1) is 14.4. The van der Waals surface area contributed by atoms with Crippen molar-refractivity contribution in [3.8, 4) is 5.75 Å². The van der Waals surface area contributed by atoms with Gasteiger partial charge in [-0.25, -0.2) is 0 Å². The predicted octanol–water partition coefficient (Wildman–Crippen LogP) is 2.95. The third-order valence-electron chi connectivity index (χ3n) is 5.88. The van der Waals surface area contributed by atoms with Crippen molar-refractivity contribution in [3.05, 3.63) is 62.5 Å². The van der Waals surface area contributed by atoms with E-state index >= 15 is 0 Å². The van der Waals surface area contributed by atoms with Gasteiger partial charge in [0.15, 0.2) is 17.2 Å². The van der Waals surface area contributed by atoms with Gasteiger partial charge in [-0.05, 0) is 50.3 Å². The zero-order chi connectivity index (χ0) is 21.4. The summed E-state index contributed by atoms with van der Waals surface area (Å²) >= 11 is 5.99. The van der Waals surface area contributed by atoms with Crippen LogP contribution in [0, 0.1) is 0 Å². The summed E-state index contributed by atoms with van der Waals surface area (Å²) in [5.74, 6) is -1.41. The van der Waals surface area contributed by atoms with Crippen LogP contribution in [0.3, 0.4) is 0 Å². The summed E-state index contributed by atoms with van der Waals surface area (Å²) in [6.07, 6.45) is 4.57. The maximum atomic E-state index is 13.0. The van der Waals surface area contributed by atoms with Gasteiger partial charge in [0, 0.05) is 30.7 Å². The van der Waals surface area contributed by atoms with Crippen LogP contribution in [0.5, 0.6) is 5.75 Å². The number of aryl methyl sites for hydroxylation is 1. The van der Waals surface area contributed by atoms with Crippen molar-refractivity contribution in [2.45, 2.75) is 45.2 Å². The van der Waals surface area contributed by atoms with Crippen LogP contribution in [0.4, 0.5) is 0 Å². The molecule has 1 atom stereocenters. The molecule has 1 fully saturated rings. The van der Waals surface area contributed by atoms with E-state index < -0.39 is 11.2 Å². The number of hydrogen-bond acceptors (Lipinski definition) is 5. The highest BCUT2D eigenvalue weighted by Gasteiger charge is 2.40. The molecule has 1 aromatic carbocycles. The van der Waals surface area contributed by atoms with Gasteiger partial charge >= 0.3 is 0 Å². The molecule has 4 rings (SSSR count). The Balaban J connectivity index is 1.70. The lowest BCUT2D eigenvalue weighted by Crippen LogP contribution is -2.63. The predicted molar refractivity (Wildman–Crippen MR) is 114 cm³/mol. The molecule has 8 heteroatoms. The van der Waals surface area contributed by atoms with Crippen molar-refractivity contribution in [2.75, 3.05) is 18.1 Å². The van der Waals surface area contributed by atoms with E-state index in [1.807, 2.05) is 24.1 Å². The first kappa shape index (κ1) is 20.5. The van der Waals surface area contributed by atoms with Crippen LogP contribution in [-0.2, 0) is 6.42 Å². The number of piperidine rings is 1. The average molecular weight is 430 g/mol. The molecule has 0 aliphatic carbocycles. The number of hydrogen-bond donors (Lipinski definition) is 1. The summed E-state index contributed by atoms with van der Waals surface area (Å²) in [7, 11) is 0. The van der Waals surface area contributed by atoms with Gasteiger partial charge < -0.3 is 10.0 Å². The number of pyridine rings is 1. The number of aromatic nitrogens is 1. The summed E-state index contributed by atoms with van der Waals surface area (Å²) in [6, 6.07) is 7.21. The number of carbonyl (C=O) groups is 2. The number of Topliss-reactive ketones (excluding diaryl/α,β-unsaturated/α-hetero) is 1. The van der Waals surface area contributed by atoms with Crippen LogP contribution in [0.25, 0.3) is 0 Å². The van der Waals surface area contributed by atoms with E-state index in [0.717, 1.165) is 24.8 Å². The highest BCUT2D eigenvalue weighted by Crippen LogP contribution is 2.29. The summed E-state index contributed by atoms with van der Waals surface area (Å²) in [4.78, 5) is 40.3. The number of fused-ring (bicyclic) bond motifs is 3. The van der Waals surface area contributed by atoms with Crippen LogP contribution < -0.4 is 10.4 Å². The maximum absolute atomic E-state index is 13.0. The lowest BCUT2D eigenvalue weighted by Gasteiger charge is -2.48. The Kier molecular flexibility index (Phi) is 5.56. The second-order valence-corrected chi connectivity index (χ2v) is 8.13. The van der Waals surface area contributed by atoms with Gasteiger partial charge in [0.05, 0.1) is 5.56 Å². The van der Waals surface area contributed by atoms with Gasteiger partial charge in [-0.15, -0.1) is 0 Å². The summed E-state index contributed by atoms with van der Waals surface area (Å²) in [5.41, 5.74) is -0.0630. The lowest BCUT2D eigenvalue weighted by atomic mass is 10.0. The number of rotatable bonds is 5. The molecule has 1 N–H and O–H groups in total. The highest BCUT2D eigenvalue weighted by molar-refractivity contribution is 6.30. The van der Waals surface area contributed by atoms with E-state index in [1.54, 1.807) is 17.0 Å². The molecule has 2 aliphatic heterocycles. The molecule has 30 heavy (non-hydrogen) atoms. The first-order valence-corrected chi connectivity index (χ1v) is 10.6. The van der Waals surface area contributed by atoms with Crippen LogP contribution in [0.2, 0.25) is 5.02 Å². The molecule has 158 valence electrons. The summed E-state index contributed by atoms with van der Waals surface area (Å²) in [5, 5.41) is 13.1. The van der Waals surface area contributed by atoms with Gasteiger partial charge in [-0.2, -0.15) is 0 Å². The summed E-state index contributed by atoms with van der Waals surface area (Å²) in [6.45, 7) is 3.04. The standard InChI is InChI=1S/C22H24ClN3O4/c1-2-24-18-8-3-4-11-25(18)26-13-16(20(28)21(29)19(26)22(24)30)17(27)10-9-14-6-5-7-15(23)12-14/h5-7,12-13,18,29H,2-4,8-11H2,1H3/t18-/m0/s1. The minimum absolute atomic E-state index is 0.0635. The molecule has 2 aliphatic rings. The van der Waals surface area contributed by atoms with Crippen LogP contribution in [-0.4, -0.2) is 45.6 Å². The normalized spacial score (nSPS) is 18.2. The molecule has 0 saturated carbocycles. The number of carbonyl (C=O) groups excluding carboxylic acids is 2. The van der Waals surface area contributed by atoms with Gasteiger partial charge in [0.25, 0.3) is 5.91 Å². The number of ketones is 1. The number of amides is 1. The molecule has 0 spiro atoms. The minimum Gasteiger partial charge on any atom is -0.502 e. The zero-order valence-corrected chi connectivity index (χ0v) is 17.6. The molecule has 1 aromatic heterocycles. The Morgan fingerprint density at radius 3 is 2.80 bits per heavy atom. The van der Waals surface area contributed by atoms with Crippen molar-refractivity contribution < 1.29 is 14.7 Å². The van der Waals surface area contributed by atoms with Gasteiger partial charge in [0.2, 0.25) is 5.43 Å². The third kappa shape index (κ3) is 3.47. The van der Waals surface area contributed by atoms with E-state index in [4.69, 9.17) is 11.6 Å². The Hall–Kier alpha value is -2.80. The Bertz CT molecular complexity index is 1060. The Labute approximate surface area is 179 Å². The Morgan fingerprint density at radius 1 is 1.27 bits per heavy atom. The van der Waals surface area contributed by atoms with Gasteiger partial charge in [-0.3, -0.25) is 24.1 Å². The fraction of sp³-hybridized carbons (Fsp3) is 0.409. The third-order valence-corrected chi connectivity index (χ3v) is 6.11. The van der Waals surface area contributed by atoms with Crippen molar-refractivity contribution in [2.24, 2.45) is 0 Å². The molecule has 0 bridgehead atoms. The number of halogens is 1. The fourth-order valence-corrected chi connectivity index (χ4v) is 4.58. The average Bonchev–Trinajstić information content (AvgIpc) is 2.74. The topological polar surface area (TPSA) is 82.9 Å². The molecular formula is C22H24ClN3O4. The second-order valence-electron chi connectivity index (χ2n) is 7.70. The molecule has 1 saturated heterocycles. The van der Waals surface area contributed by atoms with Crippen molar-refractivity contribution >= 4 is 23.3 Å². The second kappa shape index (κ2) is 8.14. The number of nitrogens with zero attached hydrogens (tertiary/aromatic N) is 3. The van der Waals surface area contributed by atoms with Crippen LogP contribution in [0.1, 0.15) is 59.0 Å². The van der Waals surface area contributed by atoms with E-state index in [1.165, 1.54) is 10.9 Å². The SMILES string of the molecule is CCN1C(=O)c2c(O)c(=O)c(C(=O)CCc3cccc(Cl)c3)cn2N2CCCC[C@@H]12. The van der Waals surface area contributed by atoms with Crippen LogP contribution >= 0.6 is 11.6 Å². The van der Waals surface area contributed by atoms with Crippen molar-refractivity contribution in [1.82, 2.24) is 9.58 Å². The van der Waals surface area contributed by atoms with Gasteiger partial charge in [0.1, 0.15) is 6.17 Å². The molecule has 0 unspecified atom stereocenters. The molecule has 0 radical (unpaired) electrons. The van der Waals surface area contributed by atoms with E-state index in [-0.39, 0.29) is 35.5 Å². The smallest absolute Gasteiger partial charge is 0.278 e. The molecule has 7 nitrogen and oxygen atoms in total. The molecule has 2 aromatic rings. The monoisotopic (exact) mass is 429 g/mol. The minimum atomic E-state index is -0.794. The molecule has 1 amide bonds. The molecule has 3 heterocycles. The summed E-state index contributed by atoms with van der Waals surface area (Å²) < 4.78 is 1.53.